The zero-order valence-electron chi connectivity index (χ0n) is 9.76. The van der Waals surface area contributed by atoms with Crippen LogP contribution in [0.2, 0.25) is 5.02 Å². The number of rotatable bonds is 4. The van der Waals surface area contributed by atoms with Crippen molar-refractivity contribution in [2.75, 3.05) is 6.54 Å². The zero-order valence-corrected chi connectivity index (χ0v) is 12.1. The second-order valence-electron chi connectivity index (χ2n) is 4.19. The number of hydrogen-bond acceptors (Lipinski definition) is 2. The highest BCUT2D eigenvalue weighted by atomic mass is 79.9. The molecular formula is C12H15BrClNO2. The Morgan fingerprint density at radius 3 is 2.71 bits per heavy atom. The average molecular weight is 321 g/mol. The normalized spacial score (nSPS) is 14.2. The first-order valence-electron chi connectivity index (χ1n) is 5.31. The Morgan fingerprint density at radius 2 is 2.18 bits per heavy atom. The monoisotopic (exact) mass is 319 g/mol. The standard InChI is InChI=1S/C12H15BrClNO2/c1-3-12(2,17)7-15-11(16)8-4-9(13)6-10(14)5-8/h4-6,17H,3,7H2,1-2H3,(H,15,16). The number of carbonyl (C=O) groups is 1. The van der Waals surface area contributed by atoms with E-state index in [4.69, 9.17) is 11.6 Å². The molecule has 0 saturated heterocycles. The molecule has 0 aliphatic heterocycles. The smallest absolute Gasteiger partial charge is 0.251 e. The molecule has 0 aliphatic carbocycles. The van der Waals surface area contributed by atoms with Gasteiger partial charge in [0.15, 0.2) is 0 Å². The second kappa shape index (κ2) is 5.85. The van der Waals surface area contributed by atoms with Gasteiger partial charge in [-0.3, -0.25) is 4.79 Å². The summed E-state index contributed by atoms with van der Waals surface area (Å²) in [4.78, 5) is 11.8. The zero-order chi connectivity index (χ0) is 13.1. The van der Waals surface area contributed by atoms with E-state index in [-0.39, 0.29) is 12.5 Å². The van der Waals surface area contributed by atoms with Crippen molar-refractivity contribution in [1.82, 2.24) is 5.32 Å². The number of amides is 1. The van der Waals surface area contributed by atoms with Gasteiger partial charge in [-0.2, -0.15) is 0 Å². The summed E-state index contributed by atoms with van der Waals surface area (Å²) in [7, 11) is 0. The van der Waals surface area contributed by atoms with Crippen molar-refractivity contribution in [3.05, 3.63) is 33.3 Å². The quantitative estimate of drug-likeness (QED) is 0.896. The van der Waals surface area contributed by atoms with Crippen LogP contribution in [0, 0.1) is 0 Å². The van der Waals surface area contributed by atoms with Crippen LogP contribution in [0.3, 0.4) is 0 Å². The molecule has 94 valence electrons. The minimum Gasteiger partial charge on any atom is -0.388 e. The Balaban J connectivity index is 2.70. The topological polar surface area (TPSA) is 49.3 Å². The van der Waals surface area contributed by atoms with E-state index in [0.717, 1.165) is 4.47 Å². The van der Waals surface area contributed by atoms with Gasteiger partial charge in [0.1, 0.15) is 0 Å². The highest BCUT2D eigenvalue weighted by Crippen LogP contribution is 2.19. The summed E-state index contributed by atoms with van der Waals surface area (Å²) in [6, 6.07) is 4.98. The molecule has 1 aromatic carbocycles. The third-order valence-corrected chi connectivity index (χ3v) is 3.19. The van der Waals surface area contributed by atoms with E-state index in [9.17, 15) is 9.90 Å². The molecule has 1 atom stereocenters. The largest absolute Gasteiger partial charge is 0.388 e. The molecule has 0 aromatic heterocycles. The fraction of sp³-hybridized carbons (Fsp3) is 0.417. The van der Waals surface area contributed by atoms with Crippen molar-refractivity contribution in [1.29, 1.82) is 0 Å². The van der Waals surface area contributed by atoms with E-state index in [0.29, 0.717) is 17.0 Å². The minimum atomic E-state index is -0.883. The number of hydrogen-bond donors (Lipinski definition) is 2. The Hall–Kier alpha value is -0.580. The highest BCUT2D eigenvalue weighted by molar-refractivity contribution is 9.10. The van der Waals surface area contributed by atoms with Crippen molar-refractivity contribution in [2.45, 2.75) is 25.9 Å². The van der Waals surface area contributed by atoms with Gasteiger partial charge in [-0.25, -0.2) is 0 Å². The van der Waals surface area contributed by atoms with Crippen LogP contribution < -0.4 is 5.32 Å². The van der Waals surface area contributed by atoms with Crippen molar-refractivity contribution in [3.8, 4) is 0 Å². The lowest BCUT2D eigenvalue weighted by atomic mass is 10.0. The van der Waals surface area contributed by atoms with Gasteiger partial charge in [-0.05, 0) is 31.5 Å². The summed E-state index contributed by atoms with van der Waals surface area (Å²) < 4.78 is 0.748. The van der Waals surface area contributed by atoms with Gasteiger partial charge in [0, 0.05) is 21.6 Å². The summed E-state index contributed by atoms with van der Waals surface area (Å²) in [5.74, 6) is -0.248. The van der Waals surface area contributed by atoms with Gasteiger partial charge in [0.2, 0.25) is 0 Å². The molecule has 0 fully saturated rings. The van der Waals surface area contributed by atoms with Gasteiger partial charge in [-0.1, -0.05) is 34.5 Å². The van der Waals surface area contributed by atoms with Crippen LogP contribution in [0.25, 0.3) is 0 Å². The number of carbonyl (C=O) groups excluding carboxylic acids is 1. The Kier molecular flexibility index (Phi) is 4.98. The molecular weight excluding hydrogens is 305 g/mol. The maximum absolute atomic E-state index is 11.8. The fourth-order valence-corrected chi connectivity index (χ4v) is 2.04. The van der Waals surface area contributed by atoms with Crippen molar-refractivity contribution >= 4 is 33.4 Å². The molecule has 0 aliphatic rings. The molecule has 17 heavy (non-hydrogen) atoms. The lowest BCUT2D eigenvalue weighted by Crippen LogP contribution is -2.40. The molecule has 0 radical (unpaired) electrons. The van der Waals surface area contributed by atoms with E-state index in [1.54, 1.807) is 25.1 Å². The number of aliphatic hydroxyl groups is 1. The molecule has 0 spiro atoms. The van der Waals surface area contributed by atoms with Crippen LogP contribution >= 0.6 is 27.5 Å². The van der Waals surface area contributed by atoms with Crippen LogP contribution in [0.5, 0.6) is 0 Å². The molecule has 3 nitrogen and oxygen atoms in total. The van der Waals surface area contributed by atoms with Crippen molar-refractivity contribution in [3.63, 3.8) is 0 Å². The lowest BCUT2D eigenvalue weighted by Gasteiger charge is -2.21. The van der Waals surface area contributed by atoms with Gasteiger partial charge in [0.25, 0.3) is 5.91 Å². The lowest BCUT2D eigenvalue weighted by molar-refractivity contribution is 0.0518. The van der Waals surface area contributed by atoms with Gasteiger partial charge in [0.05, 0.1) is 5.60 Å². The number of halogens is 2. The molecule has 1 rings (SSSR count). The van der Waals surface area contributed by atoms with E-state index >= 15 is 0 Å². The minimum absolute atomic E-state index is 0.215. The summed E-state index contributed by atoms with van der Waals surface area (Å²) >= 11 is 9.12. The summed E-state index contributed by atoms with van der Waals surface area (Å²) in [6.07, 6.45) is 0.576. The Labute approximate surface area is 114 Å². The van der Waals surface area contributed by atoms with Crippen LogP contribution in [0.4, 0.5) is 0 Å². The highest BCUT2D eigenvalue weighted by Gasteiger charge is 2.19. The van der Waals surface area contributed by atoms with Crippen molar-refractivity contribution < 1.29 is 9.90 Å². The fourth-order valence-electron chi connectivity index (χ4n) is 1.18. The van der Waals surface area contributed by atoms with Crippen molar-refractivity contribution in [2.24, 2.45) is 0 Å². The van der Waals surface area contributed by atoms with Crippen LogP contribution in [0.15, 0.2) is 22.7 Å². The van der Waals surface area contributed by atoms with Crippen LogP contribution in [0.1, 0.15) is 30.6 Å². The van der Waals surface area contributed by atoms with Crippen LogP contribution in [-0.2, 0) is 0 Å². The first-order valence-corrected chi connectivity index (χ1v) is 6.48. The maximum atomic E-state index is 11.8. The van der Waals surface area contributed by atoms with E-state index in [2.05, 4.69) is 21.2 Å². The summed E-state index contributed by atoms with van der Waals surface area (Å²) in [5.41, 5.74) is -0.415. The molecule has 2 N–H and O–H groups in total. The first-order chi connectivity index (χ1) is 7.84. The van der Waals surface area contributed by atoms with E-state index < -0.39 is 5.60 Å². The average Bonchev–Trinajstić information content (AvgIpc) is 2.24. The second-order valence-corrected chi connectivity index (χ2v) is 5.54. The number of benzene rings is 1. The molecule has 0 saturated carbocycles. The first kappa shape index (κ1) is 14.5. The third-order valence-electron chi connectivity index (χ3n) is 2.52. The maximum Gasteiger partial charge on any atom is 0.251 e. The summed E-state index contributed by atoms with van der Waals surface area (Å²) in [6.45, 7) is 3.76. The van der Waals surface area contributed by atoms with Gasteiger partial charge >= 0.3 is 0 Å². The van der Waals surface area contributed by atoms with Gasteiger partial charge < -0.3 is 10.4 Å². The molecule has 1 amide bonds. The van der Waals surface area contributed by atoms with Crippen LogP contribution in [-0.4, -0.2) is 23.2 Å². The molecule has 1 unspecified atom stereocenters. The molecule has 0 heterocycles. The SMILES string of the molecule is CCC(C)(O)CNC(=O)c1cc(Cl)cc(Br)c1. The molecule has 0 bridgehead atoms. The molecule has 5 heteroatoms. The summed E-state index contributed by atoms with van der Waals surface area (Å²) in [5, 5.41) is 12.9. The Bertz CT molecular complexity index is 401. The molecule has 1 aromatic rings. The van der Waals surface area contributed by atoms with E-state index in [1.165, 1.54) is 0 Å². The number of nitrogens with one attached hydrogen (secondary N) is 1. The predicted molar refractivity (Wildman–Crippen MR) is 72.4 cm³/mol. The Morgan fingerprint density at radius 1 is 1.53 bits per heavy atom. The van der Waals surface area contributed by atoms with Gasteiger partial charge in [-0.15, -0.1) is 0 Å². The third kappa shape index (κ3) is 4.66. The predicted octanol–water partition coefficient (Wildman–Crippen LogP) is 2.99. The van der Waals surface area contributed by atoms with E-state index in [1.807, 2.05) is 6.92 Å².